The average molecular weight is 208 g/mol. The molecule has 0 aromatic heterocycles. The molecule has 0 atom stereocenters. The molecule has 0 aliphatic carbocycles. The van der Waals surface area contributed by atoms with Crippen molar-refractivity contribution in [3.8, 4) is 17.2 Å². The highest BCUT2D eigenvalue weighted by Crippen LogP contribution is 2.35. The van der Waals surface area contributed by atoms with E-state index >= 15 is 0 Å². The highest BCUT2D eigenvalue weighted by molar-refractivity contribution is 5.46. The molecule has 0 N–H and O–H groups in total. The van der Waals surface area contributed by atoms with Crippen molar-refractivity contribution in [1.29, 1.82) is 0 Å². The van der Waals surface area contributed by atoms with Crippen molar-refractivity contribution in [2.45, 2.75) is 26.2 Å². The van der Waals surface area contributed by atoms with Gasteiger partial charge in [0.05, 0.1) is 6.61 Å². The Kier molecular flexibility index (Phi) is 3.33. The van der Waals surface area contributed by atoms with Crippen LogP contribution in [0.4, 0.5) is 0 Å². The van der Waals surface area contributed by atoms with Crippen LogP contribution in [0.3, 0.4) is 0 Å². The average Bonchev–Trinajstić information content (AvgIpc) is 2.71. The molecule has 3 nitrogen and oxygen atoms in total. The molecule has 1 aliphatic rings. The van der Waals surface area contributed by atoms with E-state index in [4.69, 9.17) is 14.2 Å². The van der Waals surface area contributed by atoms with Gasteiger partial charge in [-0.2, -0.15) is 0 Å². The Labute approximate surface area is 90.0 Å². The van der Waals surface area contributed by atoms with Crippen LogP contribution in [0.25, 0.3) is 0 Å². The molecule has 0 saturated heterocycles. The fourth-order valence-electron chi connectivity index (χ4n) is 1.51. The zero-order valence-electron chi connectivity index (χ0n) is 8.99. The van der Waals surface area contributed by atoms with Gasteiger partial charge in [-0.05, 0) is 18.6 Å². The maximum absolute atomic E-state index is 5.60. The maximum atomic E-state index is 5.60. The van der Waals surface area contributed by atoms with Crippen molar-refractivity contribution in [1.82, 2.24) is 0 Å². The highest BCUT2D eigenvalue weighted by atomic mass is 16.7. The molecule has 1 heterocycles. The standard InChI is InChI=1S/C12H16O3/c1-2-3-4-7-13-10-5-6-11-12(8-10)15-9-14-11/h5-6,8H,2-4,7,9H2,1H3. The van der Waals surface area contributed by atoms with Crippen molar-refractivity contribution < 1.29 is 14.2 Å². The van der Waals surface area contributed by atoms with E-state index in [-0.39, 0.29) is 0 Å². The summed E-state index contributed by atoms with van der Waals surface area (Å²) < 4.78 is 16.1. The third-order valence-corrected chi connectivity index (χ3v) is 2.36. The zero-order chi connectivity index (χ0) is 10.5. The van der Waals surface area contributed by atoms with Gasteiger partial charge in [0.1, 0.15) is 5.75 Å². The van der Waals surface area contributed by atoms with Crippen LogP contribution >= 0.6 is 0 Å². The Hall–Kier alpha value is -1.38. The van der Waals surface area contributed by atoms with Crippen molar-refractivity contribution in [2.75, 3.05) is 13.4 Å². The summed E-state index contributed by atoms with van der Waals surface area (Å²) in [4.78, 5) is 0. The predicted octanol–water partition coefficient (Wildman–Crippen LogP) is 2.98. The van der Waals surface area contributed by atoms with Crippen LogP contribution in [0.2, 0.25) is 0 Å². The molecule has 0 amide bonds. The molecule has 82 valence electrons. The number of hydrogen-bond donors (Lipinski definition) is 0. The lowest BCUT2D eigenvalue weighted by Crippen LogP contribution is -1.96. The van der Waals surface area contributed by atoms with Crippen LogP contribution in [0.1, 0.15) is 26.2 Å². The monoisotopic (exact) mass is 208 g/mol. The normalized spacial score (nSPS) is 12.9. The summed E-state index contributed by atoms with van der Waals surface area (Å²) in [5.41, 5.74) is 0. The minimum Gasteiger partial charge on any atom is -0.493 e. The molecule has 0 spiro atoms. The van der Waals surface area contributed by atoms with E-state index in [2.05, 4.69) is 6.92 Å². The van der Waals surface area contributed by atoms with Gasteiger partial charge in [0.2, 0.25) is 6.79 Å². The Morgan fingerprint density at radius 2 is 2.07 bits per heavy atom. The molecule has 0 bridgehead atoms. The van der Waals surface area contributed by atoms with Gasteiger partial charge in [-0.25, -0.2) is 0 Å². The first-order valence-electron chi connectivity index (χ1n) is 5.42. The third-order valence-electron chi connectivity index (χ3n) is 2.36. The summed E-state index contributed by atoms with van der Waals surface area (Å²) in [6.45, 7) is 3.27. The molecule has 0 unspecified atom stereocenters. The van der Waals surface area contributed by atoms with Gasteiger partial charge < -0.3 is 14.2 Å². The number of fused-ring (bicyclic) bond motifs is 1. The van der Waals surface area contributed by atoms with E-state index in [0.29, 0.717) is 6.79 Å². The third kappa shape index (κ3) is 2.55. The van der Waals surface area contributed by atoms with Gasteiger partial charge in [-0.15, -0.1) is 0 Å². The number of unbranched alkanes of at least 4 members (excludes halogenated alkanes) is 2. The molecule has 1 aliphatic heterocycles. The lowest BCUT2D eigenvalue weighted by atomic mass is 10.2. The molecule has 0 radical (unpaired) electrons. The summed E-state index contributed by atoms with van der Waals surface area (Å²) in [5.74, 6) is 2.44. The van der Waals surface area contributed by atoms with Crippen LogP contribution in [0.15, 0.2) is 18.2 Å². The fourth-order valence-corrected chi connectivity index (χ4v) is 1.51. The van der Waals surface area contributed by atoms with Gasteiger partial charge in [0.25, 0.3) is 0 Å². The number of benzene rings is 1. The maximum Gasteiger partial charge on any atom is 0.231 e. The summed E-state index contributed by atoms with van der Waals surface area (Å²) in [6, 6.07) is 5.69. The van der Waals surface area contributed by atoms with E-state index in [1.807, 2.05) is 18.2 Å². The Bertz CT molecular complexity index is 323. The molecule has 1 aromatic carbocycles. The Morgan fingerprint density at radius 1 is 1.20 bits per heavy atom. The largest absolute Gasteiger partial charge is 0.493 e. The highest BCUT2D eigenvalue weighted by Gasteiger charge is 2.13. The summed E-state index contributed by atoms with van der Waals surface area (Å²) in [6.07, 6.45) is 3.53. The summed E-state index contributed by atoms with van der Waals surface area (Å²) in [5, 5.41) is 0. The first-order chi connectivity index (χ1) is 7.40. The van der Waals surface area contributed by atoms with E-state index in [0.717, 1.165) is 30.3 Å². The van der Waals surface area contributed by atoms with E-state index in [1.54, 1.807) is 0 Å². The second-order valence-corrected chi connectivity index (χ2v) is 3.57. The lowest BCUT2D eigenvalue weighted by molar-refractivity contribution is 0.173. The molecule has 0 fully saturated rings. The van der Waals surface area contributed by atoms with Gasteiger partial charge in [-0.3, -0.25) is 0 Å². The zero-order valence-corrected chi connectivity index (χ0v) is 8.99. The smallest absolute Gasteiger partial charge is 0.231 e. The molecule has 3 heteroatoms. The summed E-state index contributed by atoms with van der Waals surface area (Å²) >= 11 is 0. The SMILES string of the molecule is CCCCCOc1ccc2c(c1)OCO2. The minimum absolute atomic E-state index is 0.314. The van der Waals surface area contributed by atoms with Crippen LogP contribution < -0.4 is 14.2 Å². The van der Waals surface area contributed by atoms with Crippen molar-refractivity contribution in [3.63, 3.8) is 0 Å². The lowest BCUT2D eigenvalue weighted by Gasteiger charge is -2.06. The molecular weight excluding hydrogens is 192 g/mol. The molecule has 0 saturated carbocycles. The summed E-state index contributed by atoms with van der Waals surface area (Å²) in [7, 11) is 0. The van der Waals surface area contributed by atoms with Crippen molar-refractivity contribution in [3.05, 3.63) is 18.2 Å². The van der Waals surface area contributed by atoms with Crippen LogP contribution in [0, 0.1) is 0 Å². The number of rotatable bonds is 5. The van der Waals surface area contributed by atoms with Crippen LogP contribution in [0.5, 0.6) is 17.2 Å². The molecule has 1 aromatic rings. The van der Waals surface area contributed by atoms with Crippen LogP contribution in [-0.2, 0) is 0 Å². The predicted molar refractivity (Wildman–Crippen MR) is 57.6 cm³/mol. The quantitative estimate of drug-likeness (QED) is 0.696. The van der Waals surface area contributed by atoms with E-state index in [1.165, 1.54) is 12.8 Å². The van der Waals surface area contributed by atoms with Gasteiger partial charge in [-0.1, -0.05) is 19.8 Å². The first kappa shape index (κ1) is 10.1. The fraction of sp³-hybridized carbons (Fsp3) is 0.500. The van der Waals surface area contributed by atoms with Crippen molar-refractivity contribution in [2.24, 2.45) is 0 Å². The van der Waals surface area contributed by atoms with Gasteiger partial charge >= 0.3 is 0 Å². The van der Waals surface area contributed by atoms with E-state index < -0.39 is 0 Å². The second kappa shape index (κ2) is 4.91. The van der Waals surface area contributed by atoms with E-state index in [9.17, 15) is 0 Å². The Balaban J connectivity index is 1.87. The minimum atomic E-state index is 0.314. The Morgan fingerprint density at radius 3 is 2.93 bits per heavy atom. The number of hydrogen-bond acceptors (Lipinski definition) is 3. The first-order valence-corrected chi connectivity index (χ1v) is 5.42. The van der Waals surface area contributed by atoms with Gasteiger partial charge in [0, 0.05) is 6.07 Å². The van der Waals surface area contributed by atoms with Gasteiger partial charge in [0.15, 0.2) is 11.5 Å². The van der Waals surface area contributed by atoms with Crippen molar-refractivity contribution >= 4 is 0 Å². The number of ether oxygens (including phenoxy) is 3. The second-order valence-electron chi connectivity index (χ2n) is 3.57. The molecule has 15 heavy (non-hydrogen) atoms. The molecular formula is C12H16O3. The van der Waals surface area contributed by atoms with Crippen LogP contribution in [-0.4, -0.2) is 13.4 Å². The molecule has 2 rings (SSSR count). The topological polar surface area (TPSA) is 27.7 Å².